The zero-order valence-corrected chi connectivity index (χ0v) is 16.3. The quantitative estimate of drug-likeness (QED) is 0.532. The van der Waals surface area contributed by atoms with Gasteiger partial charge in [-0.05, 0) is 49.4 Å². The SMILES string of the molecule is COc1ccc(C(=O)[C@@H](C)OC(=O)c2cccc(S(=O)(=O)N(C)C)c2)cc1. The Morgan fingerprint density at radius 3 is 2.19 bits per heavy atom. The van der Waals surface area contributed by atoms with Crippen LogP contribution in [0.25, 0.3) is 0 Å². The number of ether oxygens (including phenoxy) is 2. The van der Waals surface area contributed by atoms with Gasteiger partial charge in [0.2, 0.25) is 15.8 Å². The van der Waals surface area contributed by atoms with Crippen LogP contribution in [0.3, 0.4) is 0 Å². The van der Waals surface area contributed by atoms with Gasteiger partial charge in [0, 0.05) is 19.7 Å². The van der Waals surface area contributed by atoms with Gasteiger partial charge in [-0.2, -0.15) is 0 Å². The summed E-state index contributed by atoms with van der Waals surface area (Å²) in [6.07, 6.45) is -1.03. The summed E-state index contributed by atoms with van der Waals surface area (Å²) in [5, 5.41) is 0. The minimum atomic E-state index is -3.68. The molecular weight excluding hydrogens is 370 g/mol. The minimum absolute atomic E-state index is 0.0314. The summed E-state index contributed by atoms with van der Waals surface area (Å²) in [4.78, 5) is 24.7. The van der Waals surface area contributed by atoms with E-state index in [0.29, 0.717) is 11.3 Å². The molecule has 2 aromatic rings. The van der Waals surface area contributed by atoms with Crippen molar-refractivity contribution in [1.82, 2.24) is 4.31 Å². The van der Waals surface area contributed by atoms with Gasteiger partial charge in [-0.3, -0.25) is 4.79 Å². The van der Waals surface area contributed by atoms with Crippen LogP contribution < -0.4 is 4.74 Å². The molecule has 1 atom stereocenters. The molecule has 0 amide bonds. The van der Waals surface area contributed by atoms with Crippen molar-refractivity contribution in [1.29, 1.82) is 0 Å². The lowest BCUT2D eigenvalue weighted by molar-refractivity contribution is 0.0318. The van der Waals surface area contributed by atoms with Crippen molar-refractivity contribution in [3.05, 3.63) is 59.7 Å². The number of sulfonamides is 1. The van der Waals surface area contributed by atoms with Gasteiger partial charge in [0.25, 0.3) is 0 Å². The second-order valence-electron chi connectivity index (χ2n) is 5.96. The van der Waals surface area contributed by atoms with Crippen LogP contribution in [0.4, 0.5) is 0 Å². The number of methoxy groups -OCH3 is 1. The molecule has 0 heterocycles. The number of rotatable bonds is 7. The first-order valence-electron chi connectivity index (χ1n) is 8.08. The third-order valence-corrected chi connectivity index (χ3v) is 5.69. The van der Waals surface area contributed by atoms with E-state index in [1.807, 2.05) is 0 Å². The van der Waals surface area contributed by atoms with E-state index >= 15 is 0 Å². The highest BCUT2D eigenvalue weighted by Crippen LogP contribution is 2.17. The topological polar surface area (TPSA) is 90.0 Å². The number of hydrogen-bond acceptors (Lipinski definition) is 6. The Kier molecular flexibility index (Phi) is 6.35. The molecule has 0 spiro atoms. The number of carbonyl (C=O) groups is 2. The van der Waals surface area contributed by atoms with E-state index in [9.17, 15) is 18.0 Å². The number of carbonyl (C=O) groups excluding carboxylic acids is 2. The molecule has 0 aliphatic carbocycles. The number of nitrogens with zero attached hydrogens (tertiary/aromatic N) is 1. The number of hydrogen-bond donors (Lipinski definition) is 0. The Bertz CT molecular complexity index is 935. The summed E-state index contributed by atoms with van der Waals surface area (Å²) in [7, 11) is 0.637. The van der Waals surface area contributed by atoms with E-state index in [-0.39, 0.29) is 16.2 Å². The second-order valence-corrected chi connectivity index (χ2v) is 8.11. The molecule has 8 heteroatoms. The van der Waals surface area contributed by atoms with Crippen LogP contribution in [-0.4, -0.2) is 51.8 Å². The first kappa shape index (κ1) is 20.6. The Hall–Kier alpha value is -2.71. The van der Waals surface area contributed by atoms with Gasteiger partial charge in [0.05, 0.1) is 17.6 Å². The third kappa shape index (κ3) is 4.72. The van der Waals surface area contributed by atoms with Gasteiger partial charge in [0.15, 0.2) is 6.10 Å². The lowest BCUT2D eigenvalue weighted by Crippen LogP contribution is -2.25. The Morgan fingerprint density at radius 1 is 1.00 bits per heavy atom. The molecule has 144 valence electrons. The maximum atomic E-state index is 12.4. The van der Waals surface area contributed by atoms with Crippen molar-refractivity contribution >= 4 is 21.8 Å². The van der Waals surface area contributed by atoms with Crippen molar-refractivity contribution < 1.29 is 27.5 Å². The van der Waals surface area contributed by atoms with Gasteiger partial charge in [-0.25, -0.2) is 17.5 Å². The number of Topliss-reactive ketones (excluding diaryl/α,β-unsaturated/α-hetero) is 1. The fourth-order valence-corrected chi connectivity index (χ4v) is 3.21. The van der Waals surface area contributed by atoms with Gasteiger partial charge in [-0.15, -0.1) is 0 Å². The van der Waals surface area contributed by atoms with Crippen molar-refractivity contribution in [2.45, 2.75) is 17.9 Å². The summed E-state index contributed by atoms with van der Waals surface area (Å²) in [6.45, 7) is 1.46. The summed E-state index contributed by atoms with van der Waals surface area (Å²) >= 11 is 0. The molecule has 2 aromatic carbocycles. The molecule has 0 saturated heterocycles. The maximum Gasteiger partial charge on any atom is 0.338 e. The molecule has 0 radical (unpaired) electrons. The molecule has 0 aliphatic rings. The number of benzene rings is 2. The highest BCUT2D eigenvalue weighted by molar-refractivity contribution is 7.89. The lowest BCUT2D eigenvalue weighted by Gasteiger charge is -2.14. The van der Waals surface area contributed by atoms with Crippen LogP contribution in [0.5, 0.6) is 5.75 Å². The molecule has 0 fully saturated rings. The Labute approximate surface area is 158 Å². The van der Waals surface area contributed by atoms with E-state index in [4.69, 9.17) is 9.47 Å². The molecule has 27 heavy (non-hydrogen) atoms. The summed E-state index contributed by atoms with van der Waals surface area (Å²) < 4.78 is 35.7. The summed E-state index contributed by atoms with van der Waals surface area (Å²) in [6, 6.07) is 11.9. The average Bonchev–Trinajstić information content (AvgIpc) is 2.67. The molecule has 0 bridgehead atoms. The van der Waals surface area contributed by atoms with E-state index in [2.05, 4.69) is 0 Å². The molecule has 0 aromatic heterocycles. The Balaban J connectivity index is 2.15. The average molecular weight is 391 g/mol. The molecule has 0 unspecified atom stereocenters. The van der Waals surface area contributed by atoms with Crippen LogP contribution >= 0.6 is 0 Å². The first-order valence-corrected chi connectivity index (χ1v) is 9.52. The zero-order chi connectivity index (χ0) is 20.2. The minimum Gasteiger partial charge on any atom is -0.497 e. The van der Waals surface area contributed by atoms with E-state index in [0.717, 1.165) is 4.31 Å². The zero-order valence-electron chi connectivity index (χ0n) is 15.5. The number of esters is 1. The highest BCUT2D eigenvalue weighted by Gasteiger charge is 2.23. The molecule has 7 nitrogen and oxygen atoms in total. The normalized spacial score (nSPS) is 12.5. The smallest absolute Gasteiger partial charge is 0.338 e. The predicted octanol–water partition coefficient (Wildman–Crippen LogP) is 2.37. The summed E-state index contributed by atoms with van der Waals surface area (Å²) in [5.74, 6) is -0.543. The van der Waals surface area contributed by atoms with E-state index < -0.39 is 22.1 Å². The van der Waals surface area contributed by atoms with Crippen LogP contribution in [0.2, 0.25) is 0 Å². The largest absolute Gasteiger partial charge is 0.497 e. The van der Waals surface area contributed by atoms with Crippen LogP contribution in [-0.2, 0) is 14.8 Å². The molecule has 0 N–H and O–H groups in total. The van der Waals surface area contributed by atoms with Crippen LogP contribution in [0.15, 0.2) is 53.4 Å². The predicted molar refractivity (Wildman–Crippen MR) is 99.5 cm³/mol. The van der Waals surface area contributed by atoms with Crippen LogP contribution in [0.1, 0.15) is 27.6 Å². The van der Waals surface area contributed by atoms with E-state index in [1.165, 1.54) is 52.4 Å². The highest BCUT2D eigenvalue weighted by atomic mass is 32.2. The fraction of sp³-hybridized carbons (Fsp3) is 0.263. The lowest BCUT2D eigenvalue weighted by atomic mass is 10.1. The first-order chi connectivity index (χ1) is 12.7. The standard InChI is InChI=1S/C19H21NO6S/c1-13(18(21)14-8-10-16(25-4)11-9-14)26-19(22)15-6-5-7-17(12-15)27(23,24)20(2)3/h5-13H,1-4H3/t13-/m1/s1. The fourth-order valence-electron chi connectivity index (χ4n) is 2.27. The van der Waals surface area contributed by atoms with Crippen molar-refractivity contribution in [3.63, 3.8) is 0 Å². The van der Waals surface area contributed by atoms with Gasteiger partial charge < -0.3 is 9.47 Å². The third-order valence-electron chi connectivity index (χ3n) is 3.88. The van der Waals surface area contributed by atoms with Crippen molar-refractivity contribution in [2.24, 2.45) is 0 Å². The van der Waals surface area contributed by atoms with Gasteiger partial charge >= 0.3 is 5.97 Å². The van der Waals surface area contributed by atoms with Gasteiger partial charge in [-0.1, -0.05) is 6.07 Å². The monoisotopic (exact) mass is 391 g/mol. The second kappa shape index (κ2) is 8.32. The molecule has 2 rings (SSSR count). The van der Waals surface area contributed by atoms with E-state index in [1.54, 1.807) is 24.3 Å². The molecular formula is C19H21NO6S. The Morgan fingerprint density at radius 2 is 1.63 bits per heavy atom. The molecule has 0 saturated carbocycles. The summed E-state index contributed by atoms with van der Waals surface area (Å²) in [5.41, 5.74) is 0.423. The van der Waals surface area contributed by atoms with Crippen LogP contribution in [0, 0.1) is 0 Å². The van der Waals surface area contributed by atoms with Crippen molar-refractivity contribution in [3.8, 4) is 5.75 Å². The molecule has 0 aliphatic heterocycles. The number of ketones is 1. The maximum absolute atomic E-state index is 12.4. The van der Waals surface area contributed by atoms with Gasteiger partial charge in [0.1, 0.15) is 5.75 Å². The van der Waals surface area contributed by atoms with Crippen molar-refractivity contribution in [2.75, 3.05) is 21.2 Å².